The van der Waals surface area contributed by atoms with Crippen molar-refractivity contribution in [2.24, 2.45) is 0 Å². The van der Waals surface area contributed by atoms with Gasteiger partial charge in [-0.25, -0.2) is 0 Å². The highest BCUT2D eigenvalue weighted by molar-refractivity contribution is 7.10. The van der Waals surface area contributed by atoms with E-state index in [-0.39, 0.29) is 17.4 Å². The van der Waals surface area contributed by atoms with Gasteiger partial charge in [0.25, 0.3) is 0 Å². The average Bonchev–Trinajstić information content (AvgIpc) is 3.07. The SMILES string of the molecule is CC(c1cccs1)N(C)CC(=O)Nc1cc(C(C)(C)C)no1. The molecular formula is C16H23N3O2S. The Balaban J connectivity index is 1.91. The number of nitrogens with zero attached hydrogens (tertiary/aromatic N) is 2. The largest absolute Gasteiger partial charge is 0.338 e. The highest BCUT2D eigenvalue weighted by Crippen LogP contribution is 2.24. The normalized spacial score (nSPS) is 13.4. The summed E-state index contributed by atoms with van der Waals surface area (Å²) in [6.07, 6.45) is 0. The molecule has 0 aromatic carbocycles. The second-order valence-electron chi connectivity index (χ2n) is 6.48. The van der Waals surface area contributed by atoms with Gasteiger partial charge in [0.05, 0.1) is 12.2 Å². The lowest BCUT2D eigenvalue weighted by Crippen LogP contribution is -2.31. The molecule has 1 N–H and O–H groups in total. The van der Waals surface area contributed by atoms with Gasteiger partial charge in [-0.15, -0.1) is 11.3 Å². The summed E-state index contributed by atoms with van der Waals surface area (Å²) >= 11 is 1.69. The van der Waals surface area contributed by atoms with E-state index in [0.29, 0.717) is 12.4 Å². The molecule has 22 heavy (non-hydrogen) atoms. The summed E-state index contributed by atoms with van der Waals surface area (Å²) in [4.78, 5) is 15.4. The van der Waals surface area contributed by atoms with Gasteiger partial charge in [0.15, 0.2) is 0 Å². The standard InChI is InChI=1S/C16H23N3O2S/c1-11(12-7-6-8-22-12)19(5)10-14(20)17-15-9-13(18-21-15)16(2,3)4/h6-9,11H,10H2,1-5H3,(H,17,20). The maximum Gasteiger partial charge on any atom is 0.240 e. The number of thiophene rings is 1. The fraction of sp³-hybridized carbons (Fsp3) is 0.500. The molecule has 0 aliphatic rings. The van der Waals surface area contributed by atoms with Crippen LogP contribution in [0.3, 0.4) is 0 Å². The first kappa shape index (κ1) is 16.7. The van der Waals surface area contributed by atoms with Crippen LogP contribution in [0.1, 0.15) is 44.3 Å². The highest BCUT2D eigenvalue weighted by Gasteiger charge is 2.21. The van der Waals surface area contributed by atoms with E-state index in [0.717, 1.165) is 5.69 Å². The summed E-state index contributed by atoms with van der Waals surface area (Å²) in [6.45, 7) is 8.53. The number of anilines is 1. The number of likely N-dealkylation sites (N-methyl/N-ethyl adjacent to an activating group) is 1. The van der Waals surface area contributed by atoms with Gasteiger partial charge in [0.2, 0.25) is 11.8 Å². The molecule has 120 valence electrons. The van der Waals surface area contributed by atoms with Crippen LogP contribution in [0.15, 0.2) is 28.1 Å². The van der Waals surface area contributed by atoms with Gasteiger partial charge in [-0.3, -0.25) is 15.0 Å². The summed E-state index contributed by atoms with van der Waals surface area (Å²) in [5.41, 5.74) is 0.722. The first-order valence-electron chi connectivity index (χ1n) is 7.28. The lowest BCUT2D eigenvalue weighted by atomic mass is 9.92. The molecule has 2 aromatic heterocycles. The van der Waals surface area contributed by atoms with E-state index < -0.39 is 0 Å². The molecule has 0 radical (unpaired) electrons. The minimum Gasteiger partial charge on any atom is -0.338 e. The molecule has 1 atom stereocenters. The number of rotatable bonds is 5. The number of hydrogen-bond acceptors (Lipinski definition) is 5. The quantitative estimate of drug-likeness (QED) is 0.913. The molecule has 0 aliphatic heterocycles. The van der Waals surface area contributed by atoms with Gasteiger partial charge >= 0.3 is 0 Å². The minimum absolute atomic E-state index is 0.100. The van der Waals surface area contributed by atoms with Crippen molar-refractivity contribution in [1.82, 2.24) is 10.1 Å². The Bertz CT molecular complexity index is 614. The number of hydrogen-bond donors (Lipinski definition) is 1. The zero-order valence-electron chi connectivity index (χ0n) is 13.7. The maximum absolute atomic E-state index is 12.1. The Kier molecular flexibility index (Phi) is 5.03. The fourth-order valence-electron chi connectivity index (χ4n) is 1.97. The molecule has 1 amide bonds. The lowest BCUT2D eigenvalue weighted by Gasteiger charge is -2.22. The van der Waals surface area contributed by atoms with E-state index in [1.807, 2.05) is 44.2 Å². The van der Waals surface area contributed by atoms with Crippen LogP contribution in [-0.4, -0.2) is 29.6 Å². The van der Waals surface area contributed by atoms with Crippen LogP contribution < -0.4 is 5.32 Å². The third-order valence-electron chi connectivity index (χ3n) is 3.55. The van der Waals surface area contributed by atoms with Crippen molar-refractivity contribution in [2.45, 2.75) is 39.2 Å². The van der Waals surface area contributed by atoms with Crippen molar-refractivity contribution in [3.05, 3.63) is 34.2 Å². The summed E-state index contributed by atoms with van der Waals surface area (Å²) in [5, 5.41) is 8.80. The van der Waals surface area contributed by atoms with Gasteiger partial charge in [-0.05, 0) is 25.4 Å². The molecule has 0 bridgehead atoms. The predicted molar refractivity (Wildman–Crippen MR) is 89.2 cm³/mol. The highest BCUT2D eigenvalue weighted by atomic mass is 32.1. The zero-order chi connectivity index (χ0) is 16.3. The van der Waals surface area contributed by atoms with Crippen molar-refractivity contribution in [3.8, 4) is 0 Å². The summed E-state index contributed by atoms with van der Waals surface area (Å²) in [5.74, 6) is 0.287. The fourth-order valence-corrected chi connectivity index (χ4v) is 2.82. The van der Waals surface area contributed by atoms with Crippen molar-refractivity contribution in [3.63, 3.8) is 0 Å². The molecule has 2 aromatic rings. The van der Waals surface area contributed by atoms with Crippen LogP contribution in [0.4, 0.5) is 5.88 Å². The predicted octanol–water partition coefficient (Wildman–Crippen LogP) is 3.67. The van der Waals surface area contributed by atoms with E-state index in [1.54, 1.807) is 17.4 Å². The molecule has 2 rings (SSSR count). The summed E-state index contributed by atoms with van der Waals surface area (Å²) in [7, 11) is 1.94. The Labute approximate surface area is 135 Å². The van der Waals surface area contributed by atoms with Crippen LogP contribution in [0, 0.1) is 0 Å². The smallest absolute Gasteiger partial charge is 0.240 e. The summed E-state index contributed by atoms with van der Waals surface area (Å²) in [6, 6.07) is 6.08. The number of carbonyl (C=O) groups excluding carboxylic acids is 1. The van der Waals surface area contributed by atoms with Crippen molar-refractivity contribution in [2.75, 3.05) is 18.9 Å². The summed E-state index contributed by atoms with van der Waals surface area (Å²) < 4.78 is 5.18. The van der Waals surface area contributed by atoms with Gasteiger partial charge < -0.3 is 4.52 Å². The van der Waals surface area contributed by atoms with E-state index in [2.05, 4.69) is 23.5 Å². The zero-order valence-corrected chi connectivity index (χ0v) is 14.5. The van der Waals surface area contributed by atoms with Crippen molar-refractivity contribution >= 4 is 23.1 Å². The molecule has 0 saturated heterocycles. The van der Waals surface area contributed by atoms with Crippen LogP contribution in [0.2, 0.25) is 0 Å². The van der Waals surface area contributed by atoms with Crippen LogP contribution in [0.5, 0.6) is 0 Å². The Morgan fingerprint density at radius 2 is 2.23 bits per heavy atom. The molecular weight excluding hydrogens is 298 g/mol. The first-order chi connectivity index (χ1) is 10.3. The van der Waals surface area contributed by atoms with Crippen LogP contribution >= 0.6 is 11.3 Å². The molecule has 0 fully saturated rings. The first-order valence-corrected chi connectivity index (χ1v) is 8.16. The van der Waals surface area contributed by atoms with Crippen molar-refractivity contribution < 1.29 is 9.32 Å². The number of amides is 1. The molecule has 5 nitrogen and oxygen atoms in total. The maximum atomic E-state index is 12.1. The van der Waals surface area contributed by atoms with E-state index in [1.165, 1.54) is 4.88 Å². The second-order valence-corrected chi connectivity index (χ2v) is 7.46. The van der Waals surface area contributed by atoms with E-state index in [9.17, 15) is 4.79 Å². The average molecular weight is 321 g/mol. The number of carbonyl (C=O) groups is 1. The number of aromatic nitrogens is 1. The molecule has 6 heteroatoms. The lowest BCUT2D eigenvalue weighted by molar-refractivity contribution is -0.117. The monoisotopic (exact) mass is 321 g/mol. The molecule has 1 unspecified atom stereocenters. The third-order valence-corrected chi connectivity index (χ3v) is 4.59. The minimum atomic E-state index is -0.109. The Morgan fingerprint density at radius 3 is 2.77 bits per heavy atom. The molecule has 0 aliphatic carbocycles. The third kappa shape index (κ3) is 4.18. The van der Waals surface area contributed by atoms with Crippen molar-refractivity contribution in [1.29, 1.82) is 0 Å². The van der Waals surface area contributed by atoms with Gasteiger partial charge in [0, 0.05) is 22.4 Å². The Hall–Kier alpha value is -1.66. The molecule has 0 saturated carbocycles. The van der Waals surface area contributed by atoms with Crippen LogP contribution in [0.25, 0.3) is 0 Å². The van der Waals surface area contributed by atoms with Gasteiger partial charge in [-0.1, -0.05) is 32.0 Å². The van der Waals surface area contributed by atoms with E-state index >= 15 is 0 Å². The van der Waals surface area contributed by atoms with Crippen LogP contribution in [-0.2, 0) is 10.2 Å². The topological polar surface area (TPSA) is 58.4 Å². The van der Waals surface area contributed by atoms with Gasteiger partial charge in [0.1, 0.15) is 0 Å². The molecule has 2 heterocycles. The van der Waals surface area contributed by atoms with E-state index in [4.69, 9.17) is 4.52 Å². The molecule has 0 spiro atoms. The second kappa shape index (κ2) is 6.62. The number of nitrogens with one attached hydrogen (secondary N) is 1. The van der Waals surface area contributed by atoms with Gasteiger partial charge in [-0.2, -0.15) is 0 Å². The Morgan fingerprint density at radius 1 is 1.50 bits per heavy atom.